The average Bonchev–Trinajstić information content (AvgIpc) is 2.61. The second-order valence-electron chi connectivity index (χ2n) is 5.65. The predicted molar refractivity (Wildman–Crippen MR) is 90.5 cm³/mol. The average molecular weight is 376 g/mol. The van der Waals surface area contributed by atoms with Gasteiger partial charge >= 0.3 is 12.1 Å². The Morgan fingerprint density at radius 2 is 1.89 bits per heavy atom. The maximum absolute atomic E-state index is 12.7. The van der Waals surface area contributed by atoms with Crippen molar-refractivity contribution >= 4 is 17.6 Å². The van der Waals surface area contributed by atoms with E-state index in [-0.39, 0.29) is 16.8 Å². The van der Waals surface area contributed by atoms with Crippen LogP contribution in [0.2, 0.25) is 0 Å². The van der Waals surface area contributed by atoms with Crippen molar-refractivity contribution in [3.05, 3.63) is 65.2 Å². The van der Waals surface area contributed by atoms with E-state index in [0.717, 1.165) is 12.1 Å². The first-order valence-electron chi connectivity index (χ1n) is 7.86. The number of hydrogen-bond acceptors (Lipinski definition) is 4. The van der Waals surface area contributed by atoms with Crippen molar-refractivity contribution in [1.82, 2.24) is 0 Å². The number of rotatable bonds is 5. The zero-order valence-electron chi connectivity index (χ0n) is 14.2. The maximum atomic E-state index is 12.7. The quantitative estimate of drug-likeness (QED) is 0.808. The summed E-state index contributed by atoms with van der Waals surface area (Å²) in [4.78, 5) is 24.0. The lowest BCUT2D eigenvalue weighted by Crippen LogP contribution is -2.30. The Morgan fingerprint density at radius 1 is 1.19 bits per heavy atom. The van der Waals surface area contributed by atoms with Crippen LogP contribution in [0.15, 0.2) is 48.5 Å². The van der Waals surface area contributed by atoms with Gasteiger partial charge in [-0.25, -0.2) is 0 Å². The Labute approximate surface area is 153 Å². The molecule has 5 nitrogen and oxygen atoms in total. The molecule has 1 atom stereocenters. The summed E-state index contributed by atoms with van der Waals surface area (Å²) in [6.07, 6.45) is -6.10. The molecule has 0 unspecified atom stereocenters. The van der Waals surface area contributed by atoms with E-state index in [1.54, 1.807) is 12.1 Å². The lowest BCUT2D eigenvalue weighted by Gasteiger charge is -2.14. The van der Waals surface area contributed by atoms with Gasteiger partial charge in [0, 0.05) is 0 Å². The molecule has 0 saturated heterocycles. The summed E-state index contributed by atoms with van der Waals surface area (Å²) in [6.45, 7) is 1.33. The zero-order valence-corrected chi connectivity index (χ0v) is 14.2. The van der Waals surface area contributed by atoms with Gasteiger partial charge in [-0.05, 0) is 30.7 Å². The molecule has 8 heteroatoms. The molecular weight excluding hydrogens is 361 g/mol. The minimum atomic E-state index is -4.51. The first kappa shape index (κ1) is 20.0. The van der Waals surface area contributed by atoms with Crippen LogP contribution in [0.4, 0.5) is 18.9 Å². The van der Waals surface area contributed by atoms with Crippen molar-refractivity contribution in [2.75, 3.05) is 5.32 Å². The second-order valence-corrected chi connectivity index (χ2v) is 5.65. The monoisotopic (exact) mass is 376 g/mol. The third-order valence-corrected chi connectivity index (χ3v) is 3.59. The molecule has 27 heavy (non-hydrogen) atoms. The molecule has 140 valence electrons. The fourth-order valence-corrected chi connectivity index (χ4v) is 2.24. The normalized spacial score (nSPS) is 12.0. The molecule has 0 aliphatic rings. The Morgan fingerprint density at radius 3 is 2.56 bits per heavy atom. The van der Waals surface area contributed by atoms with E-state index < -0.39 is 36.1 Å². The number of carbonyl (C=O) groups is 2. The number of nitrogens with zero attached hydrogens (tertiary/aromatic N) is 1. The number of halogens is 3. The van der Waals surface area contributed by atoms with Gasteiger partial charge in [-0.15, -0.1) is 0 Å². The molecule has 1 N–H and O–H groups in total. The van der Waals surface area contributed by atoms with Crippen molar-refractivity contribution < 1.29 is 27.5 Å². The van der Waals surface area contributed by atoms with Crippen LogP contribution in [0.1, 0.15) is 23.6 Å². The van der Waals surface area contributed by atoms with E-state index in [2.05, 4.69) is 5.32 Å². The van der Waals surface area contributed by atoms with Gasteiger partial charge in [0.1, 0.15) is 6.07 Å². The molecule has 0 aliphatic carbocycles. The highest BCUT2D eigenvalue weighted by Gasteiger charge is 2.30. The van der Waals surface area contributed by atoms with Crippen molar-refractivity contribution in [3.8, 4) is 6.07 Å². The summed E-state index contributed by atoms with van der Waals surface area (Å²) in [6, 6.07) is 12.5. The van der Waals surface area contributed by atoms with E-state index in [1.807, 2.05) is 6.07 Å². The van der Waals surface area contributed by atoms with Gasteiger partial charge in [-0.1, -0.05) is 30.3 Å². The SMILES string of the molecule is C[C@@H](OC(=O)Cc1cccc(C(F)(F)F)c1)C(=O)Nc1ccccc1C#N. The first-order chi connectivity index (χ1) is 12.7. The van der Waals surface area contributed by atoms with Crippen LogP contribution in [0.25, 0.3) is 0 Å². The molecule has 2 aromatic carbocycles. The van der Waals surface area contributed by atoms with E-state index in [9.17, 15) is 22.8 Å². The van der Waals surface area contributed by atoms with Crippen LogP contribution in [0.3, 0.4) is 0 Å². The lowest BCUT2D eigenvalue weighted by molar-refractivity contribution is -0.152. The van der Waals surface area contributed by atoms with Gasteiger partial charge in [-0.3, -0.25) is 9.59 Å². The van der Waals surface area contributed by atoms with Crippen molar-refractivity contribution in [1.29, 1.82) is 5.26 Å². The summed E-state index contributed by atoms with van der Waals surface area (Å²) < 4.78 is 43.1. The van der Waals surface area contributed by atoms with E-state index in [4.69, 9.17) is 10.00 Å². The van der Waals surface area contributed by atoms with Crippen molar-refractivity contribution in [3.63, 3.8) is 0 Å². The molecule has 2 rings (SSSR count). The van der Waals surface area contributed by atoms with Crippen LogP contribution in [-0.4, -0.2) is 18.0 Å². The molecular formula is C19H15F3N2O3. The van der Waals surface area contributed by atoms with E-state index in [0.29, 0.717) is 0 Å². The summed E-state index contributed by atoms with van der Waals surface area (Å²) >= 11 is 0. The Kier molecular flexibility index (Phi) is 6.19. The lowest BCUT2D eigenvalue weighted by atomic mass is 10.1. The van der Waals surface area contributed by atoms with Gasteiger partial charge < -0.3 is 10.1 Å². The highest BCUT2D eigenvalue weighted by Crippen LogP contribution is 2.29. The summed E-state index contributed by atoms with van der Waals surface area (Å²) in [5, 5.41) is 11.5. The number of amides is 1. The first-order valence-corrected chi connectivity index (χ1v) is 7.86. The second kappa shape index (κ2) is 8.36. The topological polar surface area (TPSA) is 79.2 Å². The van der Waals surface area contributed by atoms with Crippen molar-refractivity contribution in [2.24, 2.45) is 0 Å². The molecule has 1 amide bonds. The fraction of sp³-hybridized carbons (Fsp3) is 0.211. The largest absolute Gasteiger partial charge is 0.452 e. The third-order valence-electron chi connectivity index (χ3n) is 3.59. The Bertz CT molecular complexity index is 888. The molecule has 0 fully saturated rings. The number of hydrogen-bond donors (Lipinski definition) is 1. The minimum Gasteiger partial charge on any atom is -0.452 e. The van der Waals surface area contributed by atoms with E-state index in [1.165, 1.54) is 31.2 Å². The standard InChI is InChI=1S/C19H15F3N2O3/c1-12(18(26)24-16-8-3-2-6-14(16)11-23)27-17(25)10-13-5-4-7-15(9-13)19(20,21)22/h2-9,12H,10H2,1H3,(H,24,26)/t12-/m1/s1. The number of para-hydroxylation sites is 1. The van der Waals surface area contributed by atoms with Gasteiger partial charge in [0.25, 0.3) is 5.91 Å². The molecule has 0 bridgehead atoms. The Balaban J connectivity index is 1.97. The van der Waals surface area contributed by atoms with Crippen LogP contribution < -0.4 is 5.32 Å². The summed E-state index contributed by atoms with van der Waals surface area (Å²) in [5.41, 5.74) is -0.233. The molecule has 0 aromatic heterocycles. The number of ether oxygens (including phenoxy) is 1. The fourth-order valence-electron chi connectivity index (χ4n) is 2.24. The molecule has 2 aromatic rings. The van der Waals surface area contributed by atoms with Gasteiger partial charge in [0.05, 0.1) is 23.2 Å². The number of anilines is 1. The van der Waals surface area contributed by atoms with E-state index >= 15 is 0 Å². The zero-order chi connectivity index (χ0) is 20.0. The summed E-state index contributed by atoms with van der Waals surface area (Å²) in [7, 11) is 0. The van der Waals surface area contributed by atoms with Crippen LogP contribution in [0.5, 0.6) is 0 Å². The number of esters is 1. The molecule has 0 heterocycles. The minimum absolute atomic E-state index is 0.122. The highest BCUT2D eigenvalue weighted by molar-refractivity contribution is 5.96. The highest BCUT2D eigenvalue weighted by atomic mass is 19.4. The maximum Gasteiger partial charge on any atom is 0.416 e. The summed E-state index contributed by atoms with van der Waals surface area (Å²) in [5.74, 6) is -1.50. The molecule has 0 saturated carbocycles. The predicted octanol–water partition coefficient (Wildman–Crippen LogP) is 3.69. The number of alkyl halides is 3. The van der Waals surface area contributed by atoms with Crippen molar-refractivity contribution in [2.45, 2.75) is 25.6 Å². The Hall–Kier alpha value is -3.34. The molecule has 0 aliphatic heterocycles. The number of benzene rings is 2. The van der Waals surface area contributed by atoms with Crippen LogP contribution in [-0.2, 0) is 26.9 Å². The van der Waals surface area contributed by atoms with Crippen LogP contribution >= 0.6 is 0 Å². The van der Waals surface area contributed by atoms with Crippen LogP contribution in [0, 0.1) is 11.3 Å². The molecule has 0 radical (unpaired) electrons. The number of nitrogens with one attached hydrogen (secondary N) is 1. The number of carbonyl (C=O) groups excluding carboxylic acids is 2. The smallest absolute Gasteiger partial charge is 0.416 e. The third kappa shape index (κ3) is 5.57. The van der Waals surface area contributed by atoms with Gasteiger partial charge in [0.2, 0.25) is 0 Å². The van der Waals surface area contributed by atoms with Gasteiger partial charge in [0.15, 0.2) is 6.10 Å². The number of nitriles is 1. The van der Waals surface area contributed by atoms with Gasteiger partial charge in [-0.2, -0.15) is 18.4 Å². The molecule has 0 spiro atoms.